The standard InChI is InChI=1S/C18H20ClNO2S/c1-2-16(11-21)20-18(22)14-5-3-13(4-6-14)12-23-17-9-7-15(19)8-10-17/h3-10,16,21H,2,11-12H2,1H3,(H,20,22). The Kier molecular flexibility index (Phi) is 6.96. The first-order chi connectivity index (χ1) is 11.1. The van der Waals surface area contributed by atoms with Crippen molar-refractivity contribution < 1.29 is 9.90 Å². The van der Waals surface area contributed by atoms with Gasteiger partial charge in [-0.15, -0.1) is 11.8 Å². The van der Waals surface area contributed by atoms with Gasteiger partial charge in [0.1, 0.15) is 0 Å². The molecule has 2 N–H and O–H groups in total. The molecule has 1 unspecified atom stereocenters. The number of nitrogens with one attached hydrogen (secondary N) is 1. The molecule has 0 aliphatic carbocycles. The zero-order valence-electron chi connectivity index (χ0n) is 13.0. The van der Waals surface area contributed by atoms with Crippen molar-refractivity contribution in [1.82, 2.24) is 5.32 Å². The van der Waals surface area contributed by atoms with E-state index in [-0.39, 0.29) is 18.6 Å². The minimum absolute atomic E-state index is 0.0436. The lowest BCUT2D eigenvalue weighted by atomic mass is 10.1. The summed E-state index contributed by atoms with van der Waals surface area (Å²) >= 11 is 7.59. The average Bonchev–Trinajstić information content (AvgIpc) is 2.59. The fraction of sp³-hybridized carbons (Fsp3) is 0.278. The Morgan fingerprint density at radius 1 is 1.17 bits per heavy atom. The molecular formula is C18H20ClNO2S. The predicted octanol–water partition coefficient (Wildman–Crippen LogP) is 4.13. The van der Waals surface area contributed by atoms with E-state index >= 15 is 0 Å². The van der Waals surface area contributed by atoms with Gasteiger partial charge in [0.25, 0.3) is 5.91 Å². The first-order valence-electron chi connectivity index (χ1n) is 7.51. The van der Waals surface area contributed by atoms with Gasteiger partial charge in [-0.25, -0.2) is 0 Å². The molecule has 2 aromatic carbocycles. The van der Waals surface area contributed by atoms with Gasteiger partial charge in [0.15, 0.2) is 0 Å². The minimum atomic E-state index is -0.192. The molecule has 0 aliphatic rings. The van der Waals surface area contributed by atoms with Gasteiger partial charge in [-0.1, -0.05) is 30.7 Å². The summed E-state index contributed by atoms with van der Waals surface area (Å²) in [6, 6.07) is 15.1. The van der Waals surface area contributed by atoms with Crippen LogP contribution >= 0.6 is 23.4 Å². The van der Waals surface area contributed by atoms with Crippen molar-refractivity contribution in [2.24, 2.45) is 0 Å². The van der Waals surface area contributed by atoms with E-state index in [9.17, 15) is 4.79 Å². The van der Waals surface area contributed by atoms with Crippen LogP contribution in [0.3, 0.4) is 0 Å². The van der Waals surface area contributed by atoms with Gasteiger partial charge in [-0.2, -0.15) is 0 Å². The molecule has 0 fully saturated rings. The third-order valence-corrected chi connectivity index (χ3v) is 4.82. The first kappa shape index (κ1) is 17.9. The molecule has 0 aromatic heterocycles. The summed E-state index contributed by atoms with van der Waals surface area (Å²) in [6.45, 7) is 1.89. The minimum Gasteiger partial charge on any atom is -0.394 e. The summed E-state index contributed by atoms with van der Waals surface area (Å²) < 4.78 is 0. The number of benzene rings is 2. The van der Waals surface area contributed by atoms with Crippen LogP contribution in [0.5, 0.6) is 0 Å². The molecule has 0 aliphatic heterocycles. The molecule has 0 bridgehead atoms. The molecule has 1 atom stereocenters. The number of thioether (sulfide) groups is 1. The molecule has 1 amide bonds. The highest BCUT2D eigenvalue weighted by Crippen LogP contribution is 2.24. The van der Waals surface area contributed by atoms with Gasteiger partial charge in [-0.3, -0.25) is 4.79 Å². The van der Waals surface area contributed by atoms with Crippen LogP contribution in [0.15, 0.2) is 53.4 Å². The molecule has 3 nitrogen and oxygen atoms in total. The number of rotatable bonds is 7. The van der Waals surface area contributed by atoms with Crippen molar-refractivity contribution in [1.29, 1.82) is 0 Å². The summed E-state index contributed by atoms with van der Waals surface area (Å²) in [5, 5.41) is 12.7. The highest BCUT2D eigenvalue weighted by Gasteiger charge is 2.11. The molecule has 0 radical (unpaired) electrons. The van der Waals surface area contributed by atoms with Gasteiger partial charge in [0.05, 0.1) is 12.6 Å². The van der Waals surface area contributed by atoms with Crippen LogP contribution in [0.2, 0.25) is 5.02 Å². The van der Waals surface area contributed by atoms with Crippen LogP contribution in [-0.4, -0.2) is 23.7 Å². The second-order valence-electron chi connectivity index (χ2n) is 5.20. The molecule has 0 spiro atoms. The van der Waals surface area contributed by atoms with Crippen LogP contribution < -0.4 is 5.32 Å². The molecule has 0 heterocycles. The number of aliphatic hydroxyl groups is 1. The number of amides is 1. The molecule has 0 saturated carbocycles. The van der Waals surface area contributed by atoms with Gasteiger partial charge in [0, 0.05) is 21.2 Å². The normalized spacial score (nSPS) is 12.0. The second-order valence-corrected chi connectivity index (χ2v) is 6.69. The van der Waals surface area contributed by atoms with Crippen LogP contribution in [0.25, 0.3) is 0 Å². The maximum atomic E-state index is 12.1. The second kappa shape index (κ2) is 8.96. The summed E-state index contributed by atoms with van der Waals surface area (Å²) in [6.07, 6.45) is 0.706. The van der Waals surface area contributed by atoms with E-state index in [1.54, 1.807) is 11.8 Å². The van der Waals surface area contributed by atoms with Crippen molar-refractivity contribution in [3.8, 4) is 0 Å². The zero-order chi connectivity index (χ0) is 16.7. The van der Waals surface area contributed by atoms with E-state index in [0.29, 0.717) is 12.0 Å². The van der Waals surface area contributed by atoms with Crippen molar-refractivity contribution in [2.75, 3.05) is 6.61 Å². The molecule has 23 heavy (non-hydrogen) atoms. The van der Waals surface area contributed by atoms with Gasteiger partial charge in [0.2, 0.25) is 0 Å². The number of hydrogen-bond acceptors (Lipinski definition) is 3. The molecule has 0 saturated heterocycles. The number of carbonyl (C=O) groups is 1. The Morgan fingerprint density at radius 3 is 2.39 bits per heavy atom. The van der Waals surface area contributed by atoms with E-state index in [1.165, 1.54) is 0 Å². The third kappa shape index (κ3) is 5.57. The van der Waals surface area contributed by atoms with E-state index in [4.69, 9.17) is 16.7 Å². The zero-order valence-corrected chi connectivity index (χ0v) is 14.5. The summed E-state index contributed by atoms with van der Waals surface area (Å²) in [5.41, 5.74) is 1.76. The molecular weight excluding hydrogens is 330 g/mol. The SMILES string of the molecule is CCC(CO)NC(=O)c1ccc(CSc2ccc(Cl)cc2)cc1. The Labute approximate surface area is 146 Å². The molecule has 122 valence electrons. The van der Waals surface area contributed by atoms with E-state index in [0.717, 1.165) is 21.2 Å². The fourth-order valence-corrected chi connectivity index (χ4v) is 2.98. The Balaban J connectivity index is 1.91. The number of aliphatic hydroxyl groups excluding tert-OH is 1. The fourth-order valence-electron chi connectivity index (χ4n) is 2.00. The number of hydrogen-bond donors (Lipinski definition) is 2. The van der Waals surface area contributed by atoms with Crippen LogP contribution in [0.4, 0.5) is 0 Å². The predicted molar refractivity (Wildman–Crippen MR) is 96.1 cm³/mol. The van der Waals surface area contributed by atoms with Gasteiger partial charge in [-0.05, 0) is 48.4 Å². The van der Waals surface area contributed by atoms with E-state index < -0.39 is 0 Å². The smallest absolute Gasteiger partial charge is 0.251 e. The van der Waals surface area contributed by atoms with Crippen LogP contribution in [-0.2, 0) is 5.75 Å². The third-order valence-electron chi connectivity index (χ3n) is 3.48. The first-order valence-corrected chi connectivity index (χ1v) is 8.87. The molecule has 5 heteroatoms. The summed E-state index contributed by atoms with van der Waals surface area (Å²) in [5.74, 6) is 0.681. The number of carbonyl (C=O) groups excluding carboxylic acids is 1. The monoisotopic (exact) mass is 349 g/mol. The molecule has 2 rings (SSSR count). The highest BCUT2D eigenvalue weighted by molar-refractivity contribution is 7.98. The number of halogens is 1. The average molecular weight is 350 g/mol. The maximum absolute atomic E-state index is 12.1. The van der Waals surface area contributed by atoms with Gasteiger partial charge < -0.3 is 10.4 Å². The van der Waals surface area contributed by atoms with Crippen LogP contribution in [0.1, 0.15) is 29.3 Å². The quantitative estimate of drug-likeness (QED) is 0.739. The maximum Gasteiger partial charge on any atom is 0.251 e. The Bertz CT molecular complexity index is 624. The lowest BCUT2D eigenvalue weighted by Gasteiger charge is -2.14. The van der Waals surface area contributed by atoms with E-state index in [2.05, 4.69) is 5.32 Å². The topological polar surface area (TPSA) is 49.3 Å². The van der Waals surface area contributed by atoms with Crippen molar-refractivity contribution >= 4 is 29.3 Å². The summed E-state index contributed by atoms with van der Waals surface area (Å²) in [4.78, 5) is 13.2. The molecule has 2 aromatic rings. The summed E-state index contributed by atoms with van der Waals surface area (Å²) in [7, 11) is 0. The Hall–Kier alpha value is -1.49. The van der Waals surface area contributed by atoms with Crippen molar-refractivity contribution in [3.05, 3.63) is 64.7 Å². The lowest BCUT2D eigenvalue weighted by molar-refractivity contribution is 0.0915. The van der Waals surface area contributed by atoms with E-state index in [1.807, 2.05) is 55.5 Å². The lowest BCUT2D eigenvalue weighted by Crippen LogP contribution is -2.36. The van der Waals surface area contributed by atoms with Crippen molar-refractivity contribution in [3.63, 3.8) is 0 Å². The highest BCUT2D eigenvalue weighted by atomic mass is 35.5. The van der Waals surface area contributed by atoms with Gasteiger partial charge >= 0.3 is 0 Å². The van der Waals surface area contributed by atoms with Crippen LogP contribution in [0, 0.1) is 0 Å². The van der Waals surface area contributed by atoms with Crippen molar-refractivity contribution in [2.45, 2.75) is 30.0 Å². The largest absolute Gasteiger partial charge is 0.394 e. The Morgan fingerprint density at radius 2 is 1.83 bits per heavy atom.